The van der Waals surface area contributed by atoms with E-state index >= 15 is 0 Å². The minimum absolute atomic E-state index is 0.133. The van der Waals surface area contributed by atoms with E-state index in [0.29, 0.717) is 12.0 Å². The van der Waals surface area contributed by atoms with E-state index in [1.807, 2.05) is 6.07 Å². The molecular formula is C16H25BrN2O2. The van der Waals surface area contributed by atoms with Gasteiger partial charge in [-0.3, -0.25) is 10.1 Å². The van der Waals surface area contributed by atoms with E-state index in [0.717, 1.165) is 42.3 Å². The lowest BCUT2D eigenvalue weighted by atomic mass is 9.97. The number of aryl methyl sites for hydroxylation is 1. The van der Waals surface area contributed by atoms with Crippen molar-refractivity contribution in [3.63, 3.8) is 0 Å². The Morgan fingerprint density at radius 1 is 1.38 bits per heavy atom. The summed E-state index contributed by atoms with van der Waals surface area (Å²) >= 11 is 3.44. The number of rotatable bonds is 9. The molecule has 1 atom stereocenters. The minimum Gasteiger partial charge on any atom is -0.314 e. The van der Waals surface area contributed by atoms with Crippen LogP contribution in [-0.4, -0.2) is 17.5 Å². The van der Waals surface area contributed by atoms with Gasteiger partial charge in [0, 0.05) is 22.6 Å². The topological polar surface area (TPSA) is 55.2 Å². The number of benzene rings is 1. The zero-order valence-corrected chi connectivity index (χ0v) is 14.6. The second-order valence-electron chi connectivity index (χ2n) is 5.85. The maximum Gasteiger partial charge on any atom is 0.270 e. The predicted molar refractivity (Wildman–Crippen MR) is 90.7 cm³/mol. The van der Waals surface area contributed by atoms with Crippen LogP contribution in [0.2, 0.25) is 0 Å². The second-order valence-corrected chi connectivity index (χ2v) is 6.71. The van der Waals surface area contributed by atoms with Crippen molar-refractivity contribution >= 4 is 21.6 Å². The molecule has 0 aliphatic rings. The van der Waals surface area contributed by atoms with E-state index in [2.05, 4.69) is 42.0 Å². The fraction of sp³-hybridized carbons (Fsp3) is 0.625. The van der Waals surface area contributed by atoms with Crippen LogP contribution in [0.1, 0.15) is 45.6 Å². The highest BCUT2D eigenvalue weighted by molar-refractivity contribution is 9.10. The summed E-state index contributed by atoms with van der Waals surface area (Å²) in [5.74, 6) is 0.666. The first-order valence-electron chi connectivity index (χ1n) is 7.60. The Hall–Kier alpha value is -0.940. The van der Waals surface area contributed by atoms with Gasteiger partial charge in [-0.05, 0) is 43.7 Å². The molecule has 1 aromatic rings. The summed E-state index contributed by atoms with van der Waals surface area (Å²) in [7, 11) is 0. The van der Waals surface area contributed by atoms with E-state index in [1.54, 1.807) is 12.1 Å². The number of halogens is 1. The van der Waals surface area contributed by atoms with Gasteiger partial charge in [-0.25, -0.2) is 0 Å². The monoisotopic (exact) mass is 356 g/mol. The SMILES string of the molecule is CCCNC(CCc1ccc([N+](=O)[O-])cc1Br)CC(C)C. The molecule has 118 valence electrons. The zero-order chi connectivity index (χ0) is 15.8. The van der Waals surface area contributed by atoms with Gasteiger partial charge in [-0.1, -0.05) is 42.8 Å². The molecule has 4 nitrogen and oxygen atoms in total. The third-order valence-electron chi connectivity index (χ3n) is 3.45. The van der Waals surface area contributed by atoms with Crippen molar-refractivity contribution in [2.75, 3.05) is 6.54 Å². The quantitative estimate of drug-likeness (QED) is 0.515. The molecule has 1 aromatic carbocycles. The molecule has 0 spiro atoms. The van der Waals surface area contributed by atoms with Gasteiger partial charge in [0.2, 0.25) is 0 Å². The van der Waals surface area contributed by atoms with E-state index in [9.17, 15) is 10.1 Å². The summed E-state index contributed by atoms with van der Waals surface area (Å²) < 4.78 is 0.829. The molecule has 1 rings (SSSR count). The number of hydrogen-bond acceptors (Lipinski definition) is 3. The van der Waals surface area contributed by atoms with Crippen LogP contribution in [0.25, 0.3) is 0 Å². The Labute approximate surface area is 135 Å². The molecule has 5 heteroatoms. The average molecular weight is 357 g/mol. The fourth-order valence-corrected chi connectivity index (χ4v) is 2.97. The van der Waals surface area contributed by atoms with Crippen molar-refractivity contribution in [2.24, 2.45) is 5.92 Å². The molecule has 1 unspecified atom stereocenters. The third kappa shape index (κ3) is 6.57. The first kappa shape index (κ1) is 18.1. The van der Waals surface area contributed by atoms with Gasteiger partial charge in [0.05, 0.1) is 4.92 Å². The van der Waals surface area contributed by atoms with E-state index in [1.165, 1.54) is 0 Å². The van der Waals surface area contributed by atoms with Crippen LogP contribution in [-0.2, 0) is 6.42 Å². The molecule has 0 aliphatic carbocycles. The fourth-order valence-electron chi connectivity index (χ4n) is 2.40. The zero-order valence-electron chi connectivity index (χ0n) is 13.1. The number of non-ortho nitro benzene ring substituents is 1. The molecule has 0 aromatic heterocycles. The largest absolute Gasteiger partial charge is 0.314 e. The van der Waals surface area contributed by atoms with Gasteiger partial charge in [-0.15, -0.1) is 0 Å². The van der Waals surface area contributed by atoms with Crippen LogP contribution >= 0.6 is 15.9 Å². The number of nitro groups is 1. The van der Waals surface area contributed by atoms with Crippen LogP contribution in [0.5, 0.6) is 0 Å². The van der Waals surface area contributed by atoms with Gasteiger partial charge in [-0.2, -0.15) is 0 Å². The molecule has 0 aliphatic heterocycles. The Bertz CT molecular complexity index is 464. The number of nitro benzene ring substituents is 1. The van der Waals surface area contributed by atoms with E-state index in [-0.39, 0.29) is 10.6 Å². The molecule has 0 heterocycles. The number of nitrogens with zero attached hydrogens (tertiary/aromatic N) is 1. The van der Waals surface area contributed by atoms with Crippen molar-refractivity contribution in [2.45, 2.75) is 52.5 Å². The summed E-state index contributed by atoms with van der Waals surface area (Å²) in [4.78, 5) is 10.4. The highest BCUT2D eigenvalue weighted by atomic mass is 79.9. The maximum absolute atomic E-state index is 10.7. The van der Waals surface area contributed by atoms with E-state index in [4.69, 9.17) is 0 Å². The van der Waals surface area contributed by atoms with Gasteiger partial charge >= 0.3 is 0 Å². The molecular weight excluding hydrogens is 332 g/mol. The molecule has 1 N–H and O–H groups in total. The lowest BCUT2D eigenvalue weighted by Gasteiger charge is -2.20. The molecule has 0 radical (unpaired) electrons. The number of nitrogens with one attached hydrogen (secondary N) is 1. The van der Waals surface area contributed by atoms with Gasteiger partial charge in [0.15, 0.2) is 0 Å². The Kier molecular flexibility index (Phi) is 7.89. The second kappa shape index (κ2) is 9.15. The Morgan fingerprint density at radius 3 is 2.62 bits per heavy atom. The average Bonchev–Trinajstić information content (AvgIpc) is 2.42. The lowest BCUT2D eigenvalue weighted by molar-refractivity contribution is -0.384. The van der Waals surface area contributed by atoms with Gasteiger partial charge < -0.3 is 5.32 Å². The van der Waals surface area contributed by atoms with Crippen LogP contribution in [0, 0.1) is 16.0 Å². The summed E-state index contributed by atoms with van der Waals surface area (Å²) in [5, 5.41) is 14.3. The smallest absolute Gasteiger partial charge is 0.270 e. The van der Waals surface area contributed by atoms with Crippen LogP contribution in [0.4, 0.5) is 5.69 Å². The first-order chi connectivity index (χ1) is 9.93. The summed E-state index contributed by atoms with van der Waals surface area (Å²) in [6.07, 6.45) is 4.27. The Morgan fingerprint density at radius 2 is 2.10 bits per heavy atom. The Balaban J connectivity index is 2.64. The standard InChI is InChI=1S/C16H25BrN2O2/c1-4-9-18-14(10-12(2)3)7-5-13-6-8-15(19(20)21)11-16(13)17/h6,8,11-12,14,18H,4-5,7,9-10H2,1-3H3. The molecule has 0 saturated carbocycles. The predicted octanol–water partition coefficient (Wildman–Crippen LogP) is 4.70. The molecule has 0 amide bonds. The summed E-state index contributed by atoms with van der Waals surface area (Å²) in [6.45, 7) is 7.69. The molecule has 0 bridgehead atoms. The summed E-state index contributed by atoms with van der Waals surface area (Å²) in [5.41, 5.74) is 1.26. The van der Waals surface area contributed by atoms with Gasteiger partial charge in [0.25, 0.3) is 5.69 Å². The number of hydrogen-bond donors (Lipinski definition) is 1. The molecule has 0 saturated heterocycles. The highest BCUT2D eigenvalue weighted by Crippen LogP contribution is 2.24. The maximum atomic E-state index is 10.7. The normalized spacial score (nSPS) is 12.6. The van der Waals surface area contributed by atoms with Crippen LogP contribution in [0.3, 0.4) is 0 Å². The lowest BCUT2D eigenvalue weighted by Crippen LogP contribution is -2.31. The first-order valence-corrected chi connectivity index (χ1v) is 8.39. The molecule has 0 fully saturated rings. The van der Waals surface area contributed by atoms with Crippen molar-refractivity contribution < 1.29 is 4.92 Å². The van der Waals surface area contributed by atoms with Crippen molar-refractivity contribution in [3.8, 4) is 0 Å². The van der Waals surface area contributed by atoms with Crippen molar-refractivity contribution in [1.82, 2.24) is 5.32 Å². The van der Waals surface area contributed by atoms with Crippen LogP contribution < -0.4 is 5.32 Å². The van der Waals surface area contributed by atoms with Gasteiger partial charge in [0.1, 0.15) is 0 Å². The highest BCUT2D eigenvalue weighted by Gasteiger charge is 2.13. The third-order valence-corrected chi connectivity index (χ3v) is 4.19. The summed E-state index contributed by atoms with van der Waals surface area (Å²) in [6, 6.07) is 5.53. The van der Waals surface area contributed by atoms with Crippen molar-refractivity contribution in [1.29, 1.82) is 0 Å². The van der Waals surface area contributed by atoms with E-state index < -0.39 is 0 Å². The minimum atomic E-state index is -0.362. The van der Waals surface area contributed by atoms with Crippen molar-refractivity contribution in [3.05, 3.63) is 38.3 Å². The molecule has 21 heavy (non-hydrogen) atoms. The van der Waals surface area contributed by atoms with Crippen LogP contribution in [0.15, 0.2) is 22.7 Å².